The van der Waals surface area contributed by atoms with Crippen molar-refractivity contribution in [3.8, 4) is 23.0 Å². The maximum Gasteiger partial charge on any atom is 0.264 e. The number of rotatable bonds is 10. The standard InChI is InChI=1S/C29H34N2O7S/c1-20-15-23(39(33,34)31-14-8-10-22-9-6-7-11-24(22)31)12-13-25(20)38-19-28(32)30(2)18-21-16-26(35-3)29(37-5)27(17-21)36-4/h6-7,9,11-13,15-17H,8,10,14,18-19H2,1-5H3. The van der Waals surface area contributed by atoms with Gasteiger partial charge >= 0.3 is 0 Å². The third kappa shape index (κ3) is 5.90. The van der Waals surface area contributed by atoms with Gasteiger partial charge in [-0.05, 0) is 72.9 Å². The summed E-state index contributed by atoms with van der Waals surface area (Å²) < 4.78 is 50.3. The number of fused-ring (bicyclic) bond motifs is 1. The number of para-hydroxylation sites is 1. The normalized spacial score (nSPS) is 12.9. The number of ether oxygens (including phenoxy) is 4. The third-order valence-corrected chi connectivity index (χ3v) is 8.53. The molecule has 3 aromatic rings. The van der Waals surface area contributed by atoms with E-state index < -0.39 is 10.0 Å². The van der Waals surface area contributed by atoms with Gasteiger partial charge in [-0.1, -0.05) is 18.2 Å². The van der Waals surface area contributed by atoms with Crippen molar-refractivity contribution in [3.63, 3.8) is 0 Å². The number of aryl methyl sites for hydroxylation is 2. The molecule has 0 saturated carbocycles. The van der Waals surface area contributed by atoms with Crippen LogP contribution in [0.25, 0.3) is 0 Å². The number of hydrogen-bond acceptors (Lipinski definition) is 7. The Balaban J connectivity index is 1.43. The molecule has 0 spiro atoms. The minimum atomic E-state index is -3.74. The van der Waals surface area contributed by atoms with Crippen LogP contribution in [0.15, 0.2) is 59.5 Å². The molecule has 0 fully saturated rings. The molecule has 0 saturated heterocycles. The Morgan fingerprint density at radius 3 is 2.28 bits per heavy atom. The number of hydrogen-bond donors (Lipinski definition) is 0. The molecule has 9 nitrogen and oxygen atoms in total. The lowest BCUT2D eigenvalue weighted by molar-refractivity contribution is -0.132. The topological polar surface area (TPSA) is 94.6 Å². The molecule has 1 heterocycles. The second-order valence-corrected chi connectivity index (χ2v) is 11.2. The van der Waals surface area contributed by atoms with Gasteiger partial charge in [0.2, 0.25) is 5.75 Å². The molecular formula is C29H34N2O7S. The van der Waals surface area contributed by atoms with Gasteiger partial charge < -0.3 is 23.8 Å². The molecule has 0 bridgehead atoms. The highest BCUT2D eigenvalue weighted by Gasteiger charge is 2.29. The van der Waals surface area contributed by atoms with Gasteiger partial charge in [-0.3, -0.25) is 9.10 Å². The quantitative estimate of drug-likeness (QED) is 0.371. The number of likely N-dealkylation sites (N-methyl/N-ethyl adjacent to an activating group) is 1. The maximum absolute atomic E-state index is 13.5. The lowest BCUT2D eigenvalue weighted by Crippen LogP contribution is -2.35. The van der Waals surface area contributed by atoms with Crippen molar-refractivity contribution in [1.82, 2.24) is 4.90 Å². The molecule has 1 aliphatic rings. The predicted molar refractivity (Wildman–Crippen MR) is 149 cm³/mol. The van der Waals surface area contributed by atoms with Crippen LogP contribution in [0, 0.1) is 6.92 Å². The van der Waals surface area contributed by atoms with Crippen LogP contribution < -0.4 is 23.3 Å². The summed E-state index contributed by atoms with van der Waals surface area (Å²) in [5, 5.41) is 0. The Morgan fingerprint density at radius 2 is 1.64 bits per heavy atom. The van der Waals surface area contributed by atoms with Crippen molar-refractivity contribution >= 4 is 21.6 Å². The van der Waals surface area contributed by atoms with Gasteiger partial charge in [0.05, 0.1) is 31.9 Å². The summed E-state index contributed by atoms with van der Waals surface area (Å²) >= 11 is 0. The summed E-state index contributed by atoms with van der Waals surface area (Å²) in [6.07, 6.45) is 1.62. The van der Waals surface area contributed by atoms with Gasteiger partial charge in [-0.15, -0.1) is 0 Å². The van der Waals surface area contributed by atoms with Gasteiger partial charge in [0.1, 0.15) is 5.75 Å². The number of benzene rings is 3. The average Bonchev–Trinajstić information content (AvgIpc) is 2.95. The highest BCUT2D eigenvalue weighted by molar-refractivity contribution is 7.92. The van der Waals surface area contributed by atoms with E-state index in [4.69, 9.17) is 18.9 Å². The van der Waals surface area contributed by atoms with Crippen LogP contribution in [0.5, 0.6) is 23.0 Å². The Bertz CT molecular complexity index is 1430. The van der Waals surface area contributed by atoms with Gasteiger partial charge in [-0.2, -0.15) is 0 Å². The first-order valence-corrected chi connectivity index (χ1v) is 14.0. The minimum absolute atomic E-state index is 0.190. The van der Waals surface area contributed by atoms with Crippen molar-refractivity contribution < 1.29 is 32.2 Å². The van der Waals surface area contributed by atoms with Gasteiger partial charge in [0.15, 0.2) is 18.1 Å². The highest BCUT2D eigenvalue weighted by atomic mass is 32.2. The number of anilines is 1. The number of sulfonamides is 1. The van der Waals surface area contributed by atoms with Crippen LogP contribution in [-0.4, -0.2) is 60.8 Å². The molecule has 0 aliphatic carbocycles. The largest absolute Gasteiger partial charge is 0.493 e. The molecule has 0 aromatic heterocycles. The zero-order valence-corrected chi connectivity index (χ0v) is 23.7. The fraction of sp³-hybridized carbons (Fsp3) is 0.345. The lowest BCUT2D eigenvalue weighted by Gasteiger charge is -2.30. The number of methoxy groups -OCH3 is 3. The van der Waals surface area contributed by atoms with E-state index in [2.05, 4.69) is 0 Å². The number of nitrogens with zero attached hydrogens (tertiary/aromatic N) is 2. The zero-order chi connectivity index (χ0) is 28.2. The summed E-state index contributed by atoms with van der Waals surface area (Å²) in [5.74, 6) is 1.68. The summed E-state index contributed by atoms with van der Waals surface area (Å²) in [4.78, 5) is 14.5. The van der Waals surface area contributed by atoms with E-state index in [1.165, 1.54) is 36.6 Å². The molecule has 208 valence electrons. The van der Waals surface area contributed by atoms with Crippen LogP contribution in [0.2, 0.25) is 0 Å². The number of carbonyl (C=O) groups excluding carboxylic acids is 1. The molecule has 4 rings (SSSR count). The van der Waals surface area contributed by atoms with Crippen molar-refractivity contribution in [1.29, 1.82) is 0 Å². The first-order chi connectivity index (χ1) is 18.7. The minimum Gasteiger partial charge on any atom is -0.493 e. The van der Waals surface area contributed by atoms with Gasteiger partial charge in [0.25, 0.3) is 15.9 Å². The SMILES string of the molecule is COc1cc(CN(C)C(=O)COc2ccc(S(=O)(=O)N3CCCc4ccccc43)cc2C)cc(OC)c1OC. The van der Waals surface area contributed by atoms with Crippen molar-refractivity contribution in [2.75, 3.05) is 45.8 Å². The molecule has 1 amide bonds. The van der Waals surface area contributed by atoms with E-state index in [0.717, 1.165) is 29.7 Å². The first-order valence-electron chi connectivity index (χ1n) is 12.6. The van der Waals surface area contributed by atoms with Gasteiger partial charge in [0, 0.05) is 20.1 Å². The number of amides is 1. The Labute approximate surface area is 229 Å². The van der Waals surface area contributed by atoms with Crippen LogP contribution in [0.4, 0.5) is 5.69 Å². The van der Waals surface area contributed by atoms with E-state index in [1.54, 1.807) is 38.2 Å². The summed E-state index contributed by atoms with van der Waals surface area (Å²) in [6.45, 7) is 2.30. The third-order valence-electron chi connectivity index (χ3n) is 6.72. The molecule has 10 heteroatoms. The van der Waals surface area contributed by atoms with Crippen LogP contribution in [0.3, 0.4) is 0 Å². The van der Waals surface area contributed by atoms with E-state index in [0.29, 0.717) is 41.7 Å². The van der Waals surface area contributed by atoms with Crippen molar-refractivity contribution in [3.05, 3.63) is 71.3 Å². The van der Waals surface area contributed by atoms with E-state index in [-0.39, 0.29) is 17.4 Å². The van der Waals surface area contributed by atoms with Crippen molar-refractivity contribution in [2.45, 2.75) is 31.2 Å². The zero-order valence-electron chi connectivity index (χ0n) is 22.9. The van der Waals surface area contributed by atoms with E-state index >= 15 is 0 Å². The lowest BCUT2D eigenvalue weighted by atomic mass is 10.0. The Hall–Kier alpha value is -3.92. The number of carbonyl (C=O) groups is 1. The molecule has 0 atom stereocenters. The first kappa shape index (κ1) is 28.1. The van der Waals surface area contributed by atoms with Crippen molar-refractivity contribution in [2.24, 2.45) is 0 Å². The smallest absolute Gasteiger partial charge is 0.264 e. The van der Waals surface area contributed by atoms with Crippen LogP contribution in [0.1, 0.15) is 23.1 Å². The molecule has 3 aromatic carbocycles. The Kier molecular flexibility index (Phi) is 8.54. The van der Waals surface area contributed by atoms with E-state index in [9.17, 15) is 13.2 Å². The molecule has 0 N–H and O–H groups in total. The molecular weight excluding hydrogens is 520 g/mol. The average molecular weight is 555 g/mol. The maximum atomic E-state index is 13.5. The molecule has 39 heavy (non-hydrogen) atoms. The molecule has 0 radical (unpaired) electrons. The van der Waals surface area contributed by atoms with Gasteiger partial charge in [-0.25, -0.2) is 8.42 Å². The molecule has 0 unspecified atom stereocenters. The second-order valence-electron chi connectivity index (χ2n) is 9.31. The second kappa shape index (κ2) is 11.9. The highest BCUT2D eigenvalue weighted by Crippen LogP contribution is 2.38. The summed E-state index contributed by atoms with van der Waals surface area (Å²) in [7, 11) is 2.54. The summed E-state index contributed by atoms with van der Waals surface area (Å²) in [6, 6.07) is 15.9. The van der Waals surface area contributed by atoms with E-state index in [1.807, 2.05) is 24.3 Å². The summed E-state index contributed by atoms with van der Waals surface area (Å²) in [5.41, 5.74) is 3.17. The van der Waals surface area contributed by atoms with Crippen LogP contribution in [-0.2, 0) is 27.8 Å². The molecule has 1 aliphatic heterocycles. The van der Waals surface area contributed by atoms with Crippen LogP contribution >= 0.6 is 0 Å². The fourth-order valence-corrected chi connectivity index (χ4v) is 6.29. The Morgan fingerprint density at radius 1 is 0.949 bits per heavy atom. The predicted octanol–water partition coefficient (Wildman–Crippen LogP) is 4.20. The fourth-order valence-electron chi connectivity index (χ4n) is 4.66. The monoisotopic (exact) mass is 554 g/mol.